The second-order valence-corrected chi connectivity index (χ2v) is 5.82. The van der Waals surface area contributed by atoms with E-state index in [2.05, 4.69) is 14.9 Å². The minimum Gasteiger partial charge on any atom is -0.462 e. The second-order valence-electron chi connectivity index (χ2n) is 5.82. The van der Waals surface area contributed by atoms with Crippen LogP contribution in [0.1, 0.15) is 33.3 Å². The summed E-state index contributed by atoms with van der Waals surface area (Å²) in [5, 5.41) is 8.85. The molecule has 134 valence electrons. The lowest BCUT2D eigenvalue weighted by molar-refractivity contribution is 0.0525. The Labute approximate surface area is 151 Å². The van der Waals surface area contributed by atoms with E-state index >= 15 is 0 Å². The van der Waals surface area contributed by atoms with Crippen molar-refractivity contribution in [3.8, 4) is 6.07 Å². The van der Waals surface area contributed by atoms with E-state index in [1.54, 1.807) is 30.0 Å². The van der Waals surface area contributed by atoms with E-state index in [-0.39, 0.29) is 11.9 Å². The van der Waals surface area contributed by atoms with Gasteiger partial charge in [0.25, 0.3) is 5.91 Å². The van der Waals surface area contributed by atoms with Crippen LogP contribution < -0.4 is 4.90 Å². The van der Waals surface area contributed by atoms with Gasteiger partial charge in [-0.15, -0.1) is 0 Å². The summed E-state index contributed by atoms with van der Waals surface area (Å²) >= 11 is 0. The van der Waals surface area contributed by atoms with Crippen LogP contribution in [0.2, 0.25) is 0 Å². The van der Waals surface area contributed by atoms with Gasteiger partial charge in [-0.05, 0) is 25.1 Å². The molecule has 0 aromatic carbocycles. The maximum Gasteiger partial charge on any atom is 0.339 e. The van der Waals surface area contributed by atoms with Crippen LogP contribution in [-0.2, 0) is 4.74 Å². The molecule has 0 radical (unpaired) electrons. The second kappa shape index (κ2) is 7.70. The zero-order chi connectivity index (χ0) is 18.5. The SMILES string of the molecule is CCOC(=O)c1ccc(N2CCN(C(=O)c3cc(C#N)c[nH]3)CC2)nc1. The highest BCUT2D eigenvalue weighted by Crippen LogP contribution is 2.16. The van der Waals surface area contributed by atoms with E-state index in [4.69, 9.17) is 10.00 Å². The number of nitrogens with zero attached hydrogens (tertiary/aromatic N) is 4. The molecule has 3 heterocycles. The normalized spacial score (nSPS) is 14.0. The number of carbonyl (C=O) groups excluding carboxylic acids is 2. The molecule has 1 amide bonds. The number of aromatic amines is 1. The number of carbonyl (C=O) groups is 2. The number of piperazine rings is 1. The summed E-state index contributed by atoms with van der Waals surface area (Å²) in [4.78, 5) is 35.1. The van der Waals surface area contributed by atoms with E-state index in [9.17, 15) is 9.59 Å². The summed E-state index contributed by atoms with van der Waals surface area (Å²) in [5.74, 6) is 0.262. The molecule has 8 nitrogen and oxygen atoms in total. The Morgan fingerprint density at radius 3 is 2.65 bits per heavy atom. The summed E-state index contributed by atoms with van der Waals surface area (Å²) in [6.45, 7) is 4.48. The van der Waals surface area contributed by atoms with Crippen molar-refractivity contribution in [2.24, 2.45) is 0 Å². The molecule has 1 saturated heterocycles. The molecule has 0 saturated carbocycles. The third-order valence-corrected chi connectivity index (χ3v) is 4.19. The van der Waals surface area contributed by atoms with Gasteiger partial charge in [0.05, 0.1) is 17.7 Å². The van der Waals surface area contributed by atoms with E-state index < -0.39 is 0 Å². The Bertz CT molecular complexity index is 829. The van der Waals surface area contributed by atoms with Crippen molar-refractivity contribution in [2.45, 2.75) is 6.92 Å². The van der Waals surface area contributed by atoms with E-state index in [0.29, 0.717) is 49.6 Å². The molecule has 26 heavy (non-hydrogen) atoms. The summed E-state index contributed by atoms with van der Waals surface area (Å²) in [6, 6.07) is 7.04. The molecule has 1 aliphatic heterocycles. The average molecular weight is 353 g/mol. The topological polar surface area (TPSA) is 102 Å². The smallest absolute Gasteiger partial charge is 0.339 e. The molecule has 1 fully saturated rings. The number of anilines is 1. The predicted octanol–water partition coefficient (Wildman–Crippen LogP) is 1.42. The zero-order valence-electron chi connectivity index (χ0n) is 14.4. The standard InChI is InChI=1S/C18H19N5O3/c1-2-26-18(25)14-3-4-16(21-12-14)22-5-7-23(8-6-22)17(24)15-9-13(10-19)11-20-15/h3-4,9,11-12,20H,2,5-8H2,1H3. The van der Waals surface area contributed by atoms with Crippen LogP contribution in [0.3, 0.4) is 0 Å². The number of H-pyrrole nitrogens is 1. The highest BCUT2D eigenvalue weighted by Gasteiger charge is 2.24. The van der Waals surface area contributed by atoms with Crippen molar-refractivity contribution in [2.75, 3.05) is 37.7 Å². The fourth-order valence-corrected chi connectivity index (χ4v) is 2.80. The van der Waals surface area contributed by atoms with Crippen molar-refractivity contribution in [1.29, 1.82) is 5.26 Å². The number of hydrogen-bond acceptors (Lipinski definition) is 6. The Kier molecular flexibility index (Phi) is 5.17. The van der Waals surface area contributed by atoms with Gasteiger partial charge in [-0.3, -0.25) is 4.79 Å². The van der Waals surface area contributed by atoms with Crippen molar-refractivity contribution in [1.82, 2.24) is 14.9 Å². The molecule has 0 unspecified atom stereocenters. The summed E-state index contributed by atoms with van der Waals surface area (Å²) in [6.07, 6.45) is 3.03. The molecular formula is C18H19N5O3. The molecule has 0 spiro atoms. The predicted molar refractivity (Wildman–Crippen MR) is 93.8 cm³/mol. The van der Waals surface area contributed by atoms with Crippen molar-refractivity contribution in [3.63, 3.8) is 0 Å². The maximum atomic E-state index is 12.5. The highest BCUT2D eigenvalue weighted by atomic mass is 16.5. The number of aromatic nitrogens is 2. The Hall–Kier alpha value is -3.34. The first-order valence-electron chi connectivity index (χ1n) is 8.38. The lowest BCUT2D eigenvalue weighted by Gasteiger charge is -2.35. The average Bonchev–Trinajstić information content (AvgIpc) is 3.17. The number of nitrogens with one attached hydrogen (secondary N) is 1. The number of esters is 1. The zero-order valence-corrected chi connectivity index (χ0v) is 14.4. The quantitative estimate of drug-likeness (QED) is 0.834. The molecule has 1 aliphatic rings. The monoisotopic (exact) mass is 353 g/mol. The fraction of sp³-hybridized carbons (Fsp3) is 0.333. The lowest BCUT2D eigenvalue weighted by Crippen LogP contribution is -2.49. The van der Waals surface area contributed by atoms with Crippen molar-refractivity contribution in [3.05, 3.63) is 47.4 Å². The molecule has 1 N–H and O–H groups in total. The molecule has 2 aromatic rings. The van der Waals surface area contributed by atoms with Crippen LogP contribution in [-0.4, -0.2) is 59.5 Å². The number of amides is 1. The van der Waals surface area contributed by atoms with Gasteiger partial charge in [-0.2, -0.15) is 5.26 Å². The number of ether oxygens (including phenoxy) is 1. The summed E-state index contributed by atoms with van der Waals surface area (Å²) in [5.41, 5.74) is 1.29. The molecule has 0 atom stereocenters. The molecule has 2 aromatic heterocycles. The number of rotatable bonds is 4. The van der Waals surface area contributed by atoms with E-state index in [0.717, 1.165) is 5.82 Å². The Morgan fingerprint density at radius 1 is 1.31 bits per heavy atom. The van der Waals surface area contributed by atoms with Gasteiger partial charge >= 0.3 is 5.97 Å². The summed E-state index contributed by atoms with van der Waals surface area (Å²) in [7, 11) is 0. The van der Waals surface area contributed by atoms with Gasteiger partial charge in [0, 0.05) is 38.6 Å². The van der Waals surface area contributed by atoms with Crippen molar-refractivity contribution < 1.29 is 14.3 Å². The van der Waals surface area contributed by atoms with Crippen LogP contribution in [0.5, 0.6) is 0 Å². The van der Waals surface area contributed by atoms with Crippen LogP contribution in [0.25, 0.3) is 0 Å². The van der Waals surface area contributed by atoms with E-state index in [1.165, 1.54) is 12.4 Å². The molecule has 3 rings (SSSR count). The first-order chi connectivity index (χ1) is 12.6. The lowest BCUT2D eigenvalue weighted by atomic mass is 10.2. The van der Waals surface area contributed by atoms with Crippen LogP contribution in [0, 0.1) is 11.3 Å². The molecule has 8 heteroatoms. The van der Waals surface area contributed by atoms with Gasteiger partial charge in [-0.25, -0.2) is 9.78 Å². The first-order valence-corrected chi connectivity index (χ1v) is 8.38. The number of nitriles is 1. The minimum atomic E-state index is -0.385. The largest absolute Gasteiger partial charge is 0.462 e. The third-order valence-electron chi connectivity index (χ3n) is 4.19. The third kappa shape index (κ3) is 3.67. The minimum absolute atomic E-state index is 0.114. The fourth-order valence-electron chi connectivity index (χ4n) is 2.80. The molecular weight excluding hydrogens is 334 g/mol. The maximum absolute atomic E-state index is 12.5. The molecule has 0 aliphatic carbocycles. The highest BCUT2D eigenvalue weighted by molar-refractivity contribution is 5.93. The van der Waals surface area contributed by atoms with Gasteiger partial charge in [0.15, 0.2) is 0 Å². The van der Waals surface area contributed by atoms with E-state index in [1.807, 2.05) is 6.07 Å². The van der Waals surface area contributed by atoms with Crippen molar-refractivity contribution >= 4 is 17.7 Å². The number of pyridine rings is 1. The molecule has 0 bridgehead atoms. The van der Waals surface area contributed by atoms with Gasteiger partial charge in [0.1, 0.15) is 17.6 Å². The first kappa shape index (κ1) is 17.5. The van der Waals surface area contributed by atoms with Crippen LogP contribution in [0.4, 0.5) is 5.82 Å². The Balaban J connectivity index is 1.59. The Morgan fingerprint density at radius 2 is 2.08 bits per heavy atom. The van der Waals surface area contributed by atoms with Gasteiger partial charge in [0.2, 0.25) is 0 Å². The summed E-state index contributed by atoms with van der Waals surface area (Å²) < 4.78 is 4.95. The van der Waals surface area contributed by atoms with Crippen LogP contribution in [0.15, 0.2) is 30.6 Å². The van der Waals surface area contributed by atoms with Gasteiger partial charge in [-0.1, -0.05) is 0 Å². The number of hydrogen-bond donors (Lipinski definition) is 1. The van der Waals surface area contributed by atoms with Gasteiger partial charge < -0.3 is 19.5 Å². The van der Waals surface area contributed by atoms with Crippen LogP contribution >= 0.6 is 0 Å².